The third-order valence-electron chi connectivity index (χ3n) is 3.31. The standard InChI is InChI=1S/C13H23N5O3S/c1-13(2,3)16-12(19)17-5-4-6-18(8-7-17)22(20,21)11-9-14-10-15-11/h9-10H,4-8H2,1-3H3,(H,14,15)(H,16,19). The Morgan fingerprint density at radius 3 is 2.59 bits per heavy atom. The molecule has 2 N–H and O–H groups in total. The van der Waals surface area contributed by atoms with Crippen molar-refractivity contribution in [2.75, 3.05) is 26.2 Å². The van der Waals surface area contributed by atoms with Gasteiger partial charge in [-0.2, -0.15) is 4.31 Å². The summed E-state index contributed by atoms with van der Waals surface area (Å²) in [6, 6.07) is -0.159. The van der Waals surface area contributed by atoms with Crippen molar-refractivity contribution in [2.24, 2.45) is 0 Å². The monoisotopic (exact) mass is 329 g/mol. The normalized spacial score (nSPS) is 18.0. The van der Waals surface area contributed by atoms with Crippen molar-refractivity contribution in [1.29, 1.82) is 0 Å². The molecule has 2 heterocycles. The Morgan fingerprint density at radius 2 is 2.00 bits per heavy atom. The van der Waals surface area contributed by atoms with E-state index in [2.05, 4.69) is 15.3 Å². The van der Waals surface area contributed by atoms with Crippen molar-refractivity contribution >= 4 is 16.1 Å². The van der Waals surface area contributed by atoms with Crippen LogP contribution in [0.1, 0.15) is 27.2 Å². The first-order valence-electron chi connectivity index (χ1n) is 7.26. The average Bonchev–Trinajstić information content (AvgIpc) is 2.81. The van der Waals surface area contributed by atoms with E-state index in [9.17, 15) is 13.2 Å². The van der Waals surface area contributed by atoms with Crippen molar-refractivity contribution in [3.63, 3.8) is 0 Å². The number of hydrogen-bond donors (Lipinski definition) is 2. The molecule has 0 unspecified atom stereocenters. The van der Waals surface area contributed by atoms with E-state index in [-0.39, 0.29) is 23.1 Å². The van der Waals surface area contributed by atoms with Crippen molar-refractivity contribution in [1.82, 2.24) is 24.5 Å². The third kappa shape index (κ3) is 3.98. The fourth-order valence-corrected chi connectivity index (χ4v) is 3.63. The molecule has 0 aromatic carbocycles. The Bertz CT molecular complexity index is 606. The number of H-pyrrole nitrogens is 1. The quantitative estimate of drug-likeness (QED) is 0.830. The summed E-state index contributed by atoms with van der Waals surface area (Å²) in [5, 5.41) is 2.98. The number of nitrogens with zero attached hydrogens (tertiary/aromatic N) is 3. The molecule has 1 aromatic rings. The summed E-state index contributed by atoms with van der Waals surface area (Å²) in [4.78, 5) is 20.2. The summed E-state index contributed by atoms with van der Waals surface area (Å²) < 4.78 is 26.3. The van der Waals surface area contributed by atoms with Gasteiger partial charge >= 0.3 is 6.03 Å². The van der Waals surface area contributed by atoms with Crippen LogP contribution >= 0.6 is 0 Å². The Kier molecular flexibility index (Phi) is 4.76. The zero-order chi connectivity index (χ0) is 16.4. The van der Waals surface area contributed by atoms with Crippen LogP contribution in [0.5, 0.6) is 0 Å². The van der Waals surface area contributed by atoms with Crippen LogP contribution in [0.4, 0.5) is 4.79 Å². The first kappa shape index (κ1) is 16.8. The first-order chi connectivity index (χ1) is 10.2. The summed E-state index contributed by atoms with van der Waals surface area (Å²) >= 11 is 0. The maximum absolute atomic E-state index is 12.4. The van der Waals surface area contributed by atoms with E-state index in [1.807, 2.05) is 20.8 Å². The lowest BCUT2D eigenvalue weighted by molar-refractivity contribution is 0.191. The number of rotatable bonds is 2. The summed E-state index contributed by atoms with van der Waals surface area (Å²) in [6.45, 7) is 7.32. The van der Waals surface area contributed by atoms with E-state index < -0.39 is 10.0 Å². The second-order valence-corrected chi connectivity index (χ2v) is 8.25. The number of amides is 2. The number of carbonyl (C=O) groups is 1. The third-order valence-corrected chi connectivity index (χ3v) is 5.14. The molecule has 0 bridgehead atoms. The van der Waals surface area contributed by atoms with Crippen LogP contribution in [-0.4, -0.2) is 65.3 Å². The molecule has 9 heteroatoms. The molecule has 2 rings (SSSR count). The summed E-state index contributed by atoms with van der Waals surface area (Å²) in [5.41, 5.74) is -0.314. The number of sulfonamides is 1. The van der Waals surface area contributed by atoms with Gasteiger partial charge in [0.25, 0.3) is 10.0 Å². The number of aromatic amines is 1. The first-order valence-corrected chi connectivity index (χ1v) is 8.70. The minimum atomic E-state index is -3.57. The van der Waals surface area contributed by atoms with E-state index in [1.54, 1.807) is 4.90 Å². The molecule has 1 saturated heterocycles. The highest BCUT2D eigenvalue weighted by Crippen LogP contribution is 2.15. The van der Waals surface area contributed by atoms with Gasteiger partial charge in [-0.05, 0) is 27.2 Å². The molecule has 0 saturated carbocycles. The number of nitrogens with one attached hydrogen (secondary N) is 2. The number of aromatic nitrogens is 2. The average molecular weight is 329 g/mol. The molecular weight excluding hydrogens is 306 g/mol. The van der Waals surface area contributed by atoms with Crippen LogP contribution in [-0.2, 0) is 10.0 Å². The van der Waals surface area contributed by atoms with Gasteiger partial charge in [-0.1, -0.05) is 0 Å². The second kappa shape index (κ2) is 6.25. The molecule has 0 atom stereocenters. The van der Waals surface area contributed by atoms with Crippen LogP contribution < -0.4 is 5.32 Å². The Labute approximate surface area is 130 Å². The lowest BCUT2D eigenvalue weighted by atomic mass is 10.1. The summed E-state index contributed by atoms with van der Waals surface area (Å²) in [7, 11) is -3.57. The van der Waals surface area contributed by atoms with Crippen LogP contribution in [0.15, 0.2) is 17.6 Å². The van der Waals surface area contributed by atoms with Gasteiger partial charge in [0.2, 0.25) is 0 Å². The van der Waals surface area contributed by atoms with Crippen molar-refractivity contribution < 1.29 is 13.2 Å². The van der Waals surface area contributed by atoms with Gasteiger partial charge in [0.05, 0.1) is 12.5 Å². The Balaban J connectivity index is 2.03. The van der Waals surface area contributed by atoms with E-state index in [4.69, 9.17) is 0 Å². The molecule has 1 aliphatic rings. The van der Waals surface area contributed by atoms with Crippen LogP contribution in [0.3, 0.4) is 0 Å². The smallest absolute Gasteiger partial charge is 0.317 e. The number of carbonyl (C=O) groups excluding carboxylic acids is 1. The minimum absolute atomic E-state index is 0.0834. The number of urea groups is 1. The molecular formula is C13H23N5O3S. The SMILES string of the molecule is CC(C)(C)NC(=O)N1CCCN(S(=O)(=O)c2cnc[nH]2)CC1. The lowest BCUT2D eigenvalue weighted by Gasteiger charge is -2.27. The van der Waals surface area contributed by atoms with Crippen molar-refractivity contribution in [3.8, 4) is 0 Å². The fraction of sp³-hybridized carbons (Fsp3) is 0.692. The van der Waals surface area contributed by atoms with Gasteiger partial charge in [-0.3, -0.25) is 0 Å². The number of hydrogen-bond acceptors (Lipinski definition) is 4. The van der Waals surface area contributed by atoms with Gasteiger partial charge in [0.1, 0.15) is 0 Å². The zero-order valence-corrected chi connectivity index (χ0v) is 14.0. The fourth-order valence-electron chi connectivity index (χ4n) is 2.26. The highest BCUT2D eigenvalue weighted by Gasteiger charge is 2.29. The van der Waals surface area contributed by atoms with Crippen LogP contribution in [0.25, 0.3) is 0 Å². The molecule has 0 aliphatic carbocycles. The van der Waals surface area contributed by atoms with Gasteiger partial charge < -0.3 is 15.2 Å². The van der Waals surface area contributed by atoms with Crippen LogP contribution in [0, 0.1) is 0 Å². The van der Waals surface area contributed by atoms with Gasteiger partial charge in [0, 0.05) is 31.7 Å². The molecule has 8 nitrogen and oxygen atoms in total. The molecule has 22 heavy (non-hydrogen) atoms. The highest BCUT2D eigenvalue weighted by molar-refractivity contribution is 7.89. The maximum atomic E-state index is 12.4. The molecule has 0 spiro atoms. The zero-order valence-electron chi connectivity index (χ0n) is 13.2. The van der Waals surface area contributed by atoms with E-state index in [0.29, 0.717) is 26.1 Å². The molecule has 1 fully saturated rings. The van der Waals surface area contributed by atoms with E-state index in [0.717, 1.165) is 0 Å². The highest BCUT2D eigenvalue weighted by atomic mass is 32.2. The van der Waals surface area contributed by atoms with Gasteiger partial charge in [-0.25, -0.2) is 18.2 Å². The molecule has 124 valence electrons. The topological polar surface area (TPSA) is 98.4 Å². The van der Waals surface area contributed by atoms with Crippen molar-refractivity contribution in [3.05, 3.63) is 12.5 Å². The predicted molar refractivity (Wildman–Crippen MR) is 81.8 cm³/mol. The largest absolute Gasteiger partial charge is 0.335 e. The second-order valence-electron chi connectivity index (χ2n) is 6.34. The molecule has 1 aromatic heterocycles. The number of imidazole rings is 1. The molecule has 2 amide bonds. The van der Waals surface area contributed by atoms with Gasteiger partial charge in [0.15, 0.2) is 5.03 Å². The van der Waals surface area contributed by atoms with Crippen LogP contribution in [0.2, 0.25) is 0 Å². The summed E-state index contributed by atoms with van der Waals surface area (Å²) in [5.74, 6) is 0. The molecule has 1 aliphatic heterocycles. The Morgan fingerprint density at radius 1 is 1.27 bits per heavy atom. The maximum Gasteiger partial charge on any atom is 0.317 e. The lowest BCUT2D eigenvalue weighted by Crippen LogP contribution is -2.49. The minimum Gasteiger partial charge on any atom is -0.335 e. The summed E-state index contributed by atoms with van der Waals surface area (Å²) in [6.07, 6.45) is 3.24. The Hall–Kier alpha value is -1.61. The van der Waals surface area contributed by atoms with E-state index in [1.165, 1.54) is 16.8 Å². The predicted octanol–water partition coefficient (Wildman–Crippen LogP) is 0.614. The van der Waals surface area contributed by atoms with Gasteiger partial charge in [-0.15, -0.1) is 0 Å². The molecule has 0 radical (unpaired) electrons. The van der Waals surface area contributed by atoms with E-state index >= 15 is 0 Å². The van der Waals surface area contributed by atoms with Crippen molar-refractivity contribution in [2.45, 2.75) is 37.8 Å².